The molecule has 0 saturated heterocycles. The third-order valence-electron chi connectivity index (χ3n) is 2.40. The minimum absolute atomic E-state index is 0.00997. The molecule has 0 fully saturated rings. The van der Waals surface area contributed by atoms with E-state index >= 15 is 0 Å². The van der Waals surface area contributed by atoms with Gasteiger partial charge in [-0.3, -0.25) is 0 Å². The van der Waals surface area contributed by atoms with Crippen LogP contribution in [0.15, 0.2) is 30.3 Å². The Hall–Kier alpha value is -2.04. The van der Waals surface area contributed by atoms with Gasteiger partial charge < -0.3 is 14.2 Å². The second kappa shape index (κ2) is 7.29. The molecule has 0 bridgehead atoms. The number of halogens is 3. The van der Waals surface area contributed by atoms with Gasteiger partial charge in [-0.2, -0.15) is 8.78 Å². The number of esters is 1. The molecule has 0 spiro atoms. The van der Waals surface area contributed by atoms with Gasteiger partial charge >= 0.3 is 12.6 Å². The van der Waals surface area contributed by atoms with Crippen molar-refractivity contribution in [3.8, 4) is 17.4 Å². The Morgan fingerprint density at radius 2 is 1.82 bits per heavy atom. The van der Waals surface area contributed by atoms with E-state index in [-0.39, 0.29) is 22.9 Å². The van der Waals surface area contributed by atoms with E-state index in [1.165, 1.54) is 37.4 Å². The van der Waals surface area contributed by atoms with Crippen LogP contribution in [0, 0.1) is 3.70 Å². The van der Waals surface area contributed by atoms with Crippen LogP contribution in [0.2, 0.25) is 0 Å². The lowest BCUT2D eigenvalue weighted by Crippen LogP contribution is -2.07. The Morgan fingerprint density at radius 1 is 1.18 bits per heavy atom. The van der Waals surface area contributed by atoms with Crippen molar-refractivity contribution in [3.05, 3.63) is 39.6 Å². The minimum atomic E-state index is -2.90. The quantitative estimate of drug-likeness (QED) is 0.545. The molecule has 116 valence electrons. The fourth-order valence-corrected chi connectivity index (χ4v) is 1.91. The fraction of sp³-hybridized carbons (Fsp3) is 0.154. The average Bonchev–Trinajstić information content (AvgIpc) is 2.49. The Bertz CT molecular complexity index is 668. The van der Waals surface area contributed by atoms with E-state index in [9.17, 15) is 13.6 Å². The molecule has 0 unspecified atom stereocenters. The third kappa shape index (κ3) is 4.23. The van der Waals surface area contributed by atoms with Gasteiger partial charge in [0.05, 0.1) is 7.11 Å². The molecule has 9 heteroatoms. The minimum Gasteiger partial charge on any atom is -0.465 e. The number of ether oxygens (including phenoxy) is 3. The van der Waals surface area contributed by atoms with Crippen molar-refractivity contribution in [1.29, 1.82) is 0 Å². The van der Waals surface area contributed by atoms with Crippen molar-refractivity contribution >= 4 is 28.6 Å². The third-order valence-corrected chi connectivity index (χ3v) is 2.93. The first-order chi connectivity index (χ1) is 10.5. The topological polar surface area (TPSA) is 70.5 Å². The van der Waals surface area contributed by atoms with E-state index < -0.39 is 12.6 Å². The van der Waals surface area contributed by atoms with Crippen LogP contribution in [0.5, 0.6) is 17.4 Å². The monoisotopic (exact) mass is 422 g/mol. The number of methoxy groups -OCH3 is 1. The molecule has 1 aromatic carbocycles. The lowest BCUT2D eigenvalue weighted by Gasteiger charge is -2.09. The molecule has 1 aromatic heterocycles. The summed E-state index contributed by atoms with van der Waals surface area (Å²) in [6.45, 7) is -2.90. The zero-order valence-electron chi connectivity index (χ0n) is 11.1. The van der Waals surface area contributed by atoms with E-state index in [0.717, 1.165) is 0 Å². The molecule has 2 aromatic rings. The number of rotatable bonds is 5. The fourth-order valence-electron chi connectivity index (χ4n) is 1.49. The zero-order valence-corrected chi connectivity index (χ0v) is 13.3. The predicted molar refractivity (Wildman–Crippen MR) is 79.2 cm³/mol. The standard InChI is InChI=1S/C13H9F2IN2O4/c1-20-12(19)9-6-10(16)17-18-11(9)21-7-2-4-8(5-3-7)22-13(14)15/h2-6,13H,1H3. The summed E-state index contributed by atoms with van der Waals surface area (Å²) >= 11 is 1.89. The maximum atomic E-state index is 12.1. The van der Waals surface area contributed by atoms with Crippen LogP contribution in [0.25, 0.3) is 0 Å². The summed E-state index contributed by atoms with van der Waals surface area (Å²) in [5, 5.41) is 7.57. The van der Waals surface area contributed by atoms with Gasteiger partial charge in [-0.25, -0.2) is 4.79 Å². The normalized spacial score (nSPS) is 10.4. The second-order valence-corrected chi connectivity index (χ2v) is 4.93. The zero-order chi connectivity index (χ0) is 16.1. The van der Waals surface area contributed by atoms with Crippen LogP contribution >= 0.6 is 22.6 Å². The molecule has 0 N–H and O–H groups in total. The van der Waals surface area contributed by atoms with E-state index in [4.69, 9.17) is 4.74 Å². The molecule has 22 heavy (non-hydrogen) atoms. The van der Waals surface area contributed by atoms with E-state index in [1.54, 1.807) is 0 Å². The first kappa shape index (κ1) is 16.3. The molecule has 0 aliphatic rings. The summed E-state index contributed by atoms with van der Waals surface area (Å²) in [6.07, 6.45) is 0. The van der Waals surface area contributed by atoms with Gasteiger partial charge in [0.1, 0.15) is 20.8 Å². The number of aromatic nitrogens is 2. The number of nitrogens with zero attached hydrogens (tertiary/aromatic N) is 2. The molecule has 0 saturated carbocycles. The number of alkyl halides is 2. The highest BCUT2D eigenvalue weighted by atomic mass is 127. The van der Waals surface area contributed by atoms with Crippen LogP contribution in [0.1, 0.15) is 10.4 Å². The molecule has 2 rings (SSSR count). The van der Waals surface area contributed by atoms with Gasteiger partial charge in [-0.15, -0.1) is 10.2 Å². The van der Waals surface area contributed by atoms with E-state index in [0.29, 0.717) is 3.70 Å². The first-order valence-electron chi connectivity index (χ1n) is 5.84. The number of carbonyl (C=O) groups is 1. The van der Waals surface area contributed by atoms with Crippen molar-refractivity contribution < 1.29 is 27.8 Å². The van der Waals surface area contributed by atoms with Crippen molar-refractivity contribution in [3.63, 3.8) is 0 Å². The molecule has 6 nitrogen and oxygen atoms in total. The Kier molecular flexibility index (Phi) is 5.41. The smallest absolute Gasteiger partial charge is 0.387 e. The highest BCUT2D eigenvalue weighted by Crippen LogP contribution is 2.26. The maximum absolute atomic E-state index is 12.1. The lowest BCUT2D eigenvalue weighted by atomic mass is 10.3. The summed E-state index contributed by atoms with van der Waals surface area (Å²) < 4.78 is 38.9. The molecule has 1 heterocycles. The van der Waals surface area contributed by atoms with Crippen LogP contribution in [0.4, 0.5) is 8.78 Å². The summed E-state index contributed by atoms with van der Waals surface area (Å²) in [7, 11) is 1.23. The molecule has 0 atom stereocenters. The highest BCUT2D eigenvalue weighted by Gasteiger charge is 2.17. The molecule has 0 aliphatic carbocycles. The average molecular weight is 422 g/mol. The van der Waals surface area contributed by atoms with Gasteiger partial charge in [0.15, 0.2) is 0 Å². The van der Waals surface area contributed by atoms with E-state index in [2.05, 4.69) is 19.7 Å². The largest absolute Gasteiger partial charge is 0.465 e. The van der Waals surface area contributed by atoms with Gasteiger partial charge in [0.2, 0.25) is 0 Å². The van der Waals surface area contributed by atoms with Crippen LogP contribution in [-0.2, 0) is 4.74 Å². The summed E-state index contributed by atoms with van der Waals surface area (Å²) in [4.78, 5) is 11.7. The SMILES string of the molecule is COC(=O)c1cc(I)nnc1Oc1ccc(OC(F)F)cc1. The van der Waals surface area contributed by atoms with Crippen LogP contribution < -0.4 is 9.47 Å². The highest BCUT2D eigenvalue weighted by molar-refractivity contribution is 14.1. The second-order valence-electron chi connectivity index (χ2n) is 3.83. The van der Waals surface area contributed by atoms with Crippen LogP contribution in [-0.4, -0.2) is 29.9 Å². The molecule has 0 aliphatic heterocycles. The summed E-state index contributed by atoms with van der Waals surface area (Å²) in [5.41, 5.74) is 0.106. The first-order valence-corrected chi connectivity index (χ1v) is 6.91. The molecule has 0 radical (unpaired) electrons. The number of carbonyl (C=O) groups excluding carboxylic acids is 1. The Balaban J connectivity index is 2.21. The number of benzene rings is 1. The summed E-state index contributed by atoms with van der Waals surface area (Å²) in [6, 6.07) is 6.87. The number of hydrogen-bond acceptors (Lipinski definition) is 6. The van der Waals surface area contributed by atoms with Crippen LogP contribution in [0.3, 0.4) is 0 Å². The molecule has 0 amide bonds. The molecular formula is C13H9F2IN2O4. The van der Waals surface area contributed by atoms with Crippen molar-refractivity contribution in [2.45, 2.75) is 6.61 Å². The van der Waals surface area contributed by atoms with Gasteiger partial charge in [0, 0.05) is 0 Å². The predicted octanol–water partition coefficient (Wildman–Crippen LogP) is 3.26. The van der Waals surface area contributed by atoms with Crippen molar-refractivity contribution in [2.75, 3.05) is 7.11 Å². The van der Waals surface area contributed by atoms with Crippen molar-refractivity contribution in [1.82, 2.24) is 10.2 Å². The Labute approximate surface area is 137 Å². The van der Waals surface area contributed by atoms with E-state index in [1.807, 2.05) is 22.6 Å². The number of hydrogen-bond donors (Lipinski definition) is 0. The maximum Gasteiger partial charge on any atom is 0.387 e. The lowest BCUT2D eigenvalue weighted by molar-refractivity contribution is -0.0498. The van der Waals surface area contributed by atoms with Crippen molar-refractivity contribution in [2.24, 2.45) is 0 Å². The molecular weight excluding hydrogens is 413 g/mol. The van der Waals surface area contributed by atoms with Gasteiger partial charge in [-0.1, -0.05) is 0 Å². The Morgan fingerprint density at radius 3 is 2.41 bits per heavy atom. The summed E-state index contributed by atoms with van der Waals surface area (Å²) in [5.74, 6) is -0.401. The van der Waals surface area contributed by atoms with Gasteiger partial charge in [-0.05, 0) is 52.9 Å². The van der Waals surface area contributed by atoms with Gasteiger partial charge in [0.25, 0.3) is 5.88 Å².